The monoisotopic (exact) mass is 555 g/mol. The van der Waals surface area contributed by atoms with Gasteiger partial charge in [-0.1, -0.05) is 30.3 Å². The number of nitrogen functional groups attached to an aromatic ring is 1. The Labute approximate surface area is 232 Å². The topological polar surface area (TPSA) is 113 Å². The molecule has 0 bridgehead atoms. The van der Waals surface area contributed by atoms with Crippen molar-refractivity contribution in [1.82, 2.24) is 29.1 Å². The average Bonchev–Trinajstić information content (AvgIpc) is 3.51. The Morgan fingerprint density at radius 1 is 1.05 bits per heavy atom. The van der Waals surface area contributed by atoms with Crippen LogP contribution < -0.4 is 16.0 Å². The van der Waals surface area contributed by atoms with Crippen molar-refractivity contribution in [2.75, 3.05) is 5.73 Å². The molecule has 5 aromatic heterocycles. The van der Waals surface area contributed by atoms with Crippen molar-refractivity contribution < 1.29 is 9.13 Å². The Hall–Kier alpha value is -4.64. The highest BCUT2D eigenvalue weighted by Crippen LogP contribution is 2.36. The molecular weight excluding hydrogens is 529 g/mol. The Kier molecular flexibility index (Phi) is 6.30. The first-order chi connectivity index (χ1) is 19.2. The lowest BCUT2D eigenvalue weighted by molar-refractivity contribution is 0.221. The van der Waals surface area contributed by atoms with Gasteiger partial charge in [0.05, 0.1) is 23.1 Å². The Morgan fingerprint density at radius 3 is 2.55 bits per heavy atom. The van der Waals surface area contributed by atoms with Crippen LogP contribution in [0.3, 0.4) is 0 Å². The predicted octanol–water partition coefficient (Wildman–Crippen LogP) is 5.66. The maximum atomic E-state index is 14.9. The first-order valence-electron chi connectivity index (χ1n) is 12.7. The van der Waals surface area contributed by atoms with E-state index in [1.54, 1.807) is 22.9 Å². The van der Waals surface area contributed by atoms with Crippen LogP contribution in [0.2, 0.25) is 0 Å². The van der Waals surface area contributed by atoms with Gasteiger partial charge in [-0.3, -0.25) is 9.20 Å². The van der Waals surface area contributed by atoms with Crippen molar-refractivity contribution in [2.24, 2.45) is 0 Å². The van der Waals surface area contributed by atoms with Gasteiger partial charge in [-0.05, 0) is 51.0 Å². The van der Waals surface area contributed by atoms with E-state index >= 15 is 0 Å². The lowest BCUT2D eigenvalue weighted by atomic mass is 9.97. The number of anilines is 1. The van der Waals surface area contributed by atoms with E-state index in [0.717, 1.165) is 21.7 Å². The number of thiazole rings is 1. The minimum atomic E-state index is -0.615. The molecule has 0 unspecified atom stereocenters. The van der Waals surface area contributed by atoms with E-state index in [4.69, 9.17) is 15.6 Å². The molecule has 0 aliphatic carbocycles. The van der Waals surface area contributed by atoms with Gasteiger partial charge in [0.2, 0.25) is 0 Å². The summed E-state index contributed by atoms with van der Waals surface area (Å²) in [6, 6.07) is 12.5. The van der Waals surface area contributed by atoms with Crippen LogP contribution in [-0.4, -0.2) is 35.2 Å². The SMILES string of the molecule is Cc1csc2cc([C@H](C)n3nc(-c4cnc(OC(C)C)c(F)c4)c4c(N)ncnc43)c(-c3ccccc3)c(=O)n12. The number of aryl methyl sites for hydroxylation is 1. The van der Waals surface area contributed by atoms with E-state index in [0.29, 0.717) is 27.9 Å². The lowest BCUT2D eigenvalue weighted by Gasteiger charge is -2.18. The zero-order valence-corrected chi connectivity index (χ0v) is 23.1. The van der Waals surface area contributed by atoms with E-state index < -0.39 is 11.9 Å². The molecule has 0 radical (unpaired) electrons. The summed E-state index contributed by atoms with van der Waals surface area (Å²) >= 11 is 1.50. The summed E-state index contributed by atoms with van der Waals surface area (Å²) in [5.41, 5.74) is 10.5. The van der Waals surface area contributed by atoms with Crippen LogP contribution in [0.1, 0.15) is 38.1 Å². The van der Waals surface area contributed by atoms with Crippen molar-refractivity contribution in [3.05, 3.63) is 87.8 Å². The molecule has 5 heterocycles. The third-order valence-electron chi connectivity index (χ3n) is 6.73. The van der Waals surface area contributed by atoms with Crippen molar-refractivity contribution in [3.63, 3.8) is 0 Å². The number of nitrogens with zero attached hydrogens (tertiary/aromatic N) is 6. The summed E-state index contributed by atoms with van der Waals surface area (Å²) in [6.07, 6.45) is 2.63. The van der Waals surface area contributed by atoms with Gasteiger partial charge >= 0.3 is 0 Å². The number of benzene rings is 1. The summed E-state index contributed by atoms with van der Waals surface area (Å²) < 4.78 is 23.8. The molecule has 0 aliphatic rings. The molecule has 1 aromatic carbocycles. The summed E-state index contributed by atoms with van der Waals surface area (Å²) in [6.45, 7) is 7.47. The zero-order chi connectivity index (χ0) is 28.1. The second-order valence-electron chi connectivity index (χ2n) is 9.80. The molecule has 0 spiro atoms. The second kappa shape index (κ2) is 9.83. The minimum Gasteiger partial charge on any atom is -0.473 e. The third-order valence-corrected chi connectivity index (χ3v) is 7.73. The highest BCUT2D eigenvalue weighted by molar-refractivity contribution is 7.15. The summed E-state index contributed by atoms with van der Waals surface area (Å²) in [7, 11) is 0. The number of rotatable bonds is 6. The van der Waals surface area contributed by atoms with Gasteiger partial charge in [0.25, 0.3) is 11.4 Å². The molecule has 0 fully saturated rings. The third kappa shape index (κ3) is 4.19. The van der Waals surface area contributed by atoms with Gasteiger partial charge < -0.3 is 10.5 Å². The van der Waals surface area contributed by atoms with E-state index in [9.17, 15) is 9.18 Å². The first-order valence-corrected chi connectivity index (χ1v) is 13.6. The van der Waals surface area contributed by atoms with Gasteiger partial charge in [-0.15, -0.1) is 11.3 Å². The highest BCUT2D eigenvalue weighted by Gasteiger charge is 2.26. The normalized spacial score (nSPS) is 12.4. The van der Waals surface area contributed by atoms with Gasteiger partial charge in [-0.2, -0.15) is 5.10 Å². The number of fused-ring (bicyclic) bond motifs is 2. The maximum Gasteiger partial charge on any atom is 0.264 e. The van der Waals surface area contributed by atoms with Crippen LogP contribution in [0.15, 0.2) is 65.2 Å². The molecule has 6 rings (SSSR count). The summed E-state index contributed by atoms with van der Waals surface area (Å²) in [5, 5.41) is 7.29. The lowest BCUT2D eigenvalue weighted by Crippen LogP contribution is -2.21. The molecule has 9 nitrogen and oxygen atoms in total. The Morgan fingerprint density at radius 2 is 1.82 bits per heavy atom. The highest BCUT2D eigenvalue weighted by atomic mass is 32.1. The molecule has 0 saturated heterocycles. The van der Waals surface area contributed by atoms with Crippen LogP contribution in [0.25, 0.3) is 38.2 Å². The van der Waals surface area contributed by atoms with Crippen LogP contribution in [0.5, 0.6) is 5.88 Å². The quantitative estimate of drug-likeness (QED) is 0.282. The zero-order valence-electron chi connectivity index (χ0n) is 22.3. The predicted molar refractivity (Wildman–Crippen MR) is 154 cm³/mol. The molecule has 11 heteroatoms. The Bertz CT molecular complexity index is 1950. The fourth-order valence-corrected chi connectivity index (χ4v) is 5.84. The largest absolute Gasteiger partial charge is 0.473 e. The summed E-state index contributed by atoms with van der Waals surface area (Å²) in [5.74, 6) is -0.503. The van der Waals surface area contributed by atoms with E-state index in [1.807, 2.05) is 55.6 Å². The molecule has 1 atom stereocenters. The van der Waals surface area contributed by atoms with Gasteiger partial charge in [0.15, 0.2) is 11.5 Å². The molecule has 0 aliphatic heterocycles. The second-order valence-corrected chi connectivity index (χ2v) is 10.7. The standard InChI is InChI=1S/C29H26FN7O2S/c1-15(2)39-28-21(30)10-19(12-32-28)25-24-26(31)33-14-34-27(24)37(35-25)17(4)20-11-22-36(16(3)13-40-22)29(38)23(20)18-8-6-5-7-9-18/h5-15,17H,1-4H3,(H2,31,33,34)/t17-/m0/s1. The van der Waals surface area contributed by atoms with E-state index in [-0.39, 0.29) is 23.4 Å². The number of hydrogen-bond acceptors (Lipinski definition) is 8. The molecule has 0 saturated carbocycles. The molecular formula is C29H26FN7O2S. The Balaban J connectivity index is 1.58. The maximum absolute atomic E-state index is 14.9. The van der Waals surface area contributed by atoms with Gasteiger partial charge in [-0.25, -0.2) is 24.0 Å². The van der Waals surface area contributed by atoms with Gasteiger partial charge in [0.1, 0.15) is 22.7 Å². The average molecular weight is 556 g/mol. The number of nitrogens with two attached hydrogens (primary N) is 1. The molecule has 202 valence electrons. The van der Waals surface area contributed by atoms with Crippen molar-refractivity contribution in [1.29, 1.82) is 0 Å². The van der Waals surface area contributed by atoms with Crippen LogP contribution >= 0.6 is 11.3 Å². The molecule has 0 amide bonds. The van der Waals surface area contributed by atoms with E-state index in [2.05, 4.69) is 15.0 Å². The number of aromatic nitrogens is 6. The van der Waals surface area contributed by atoms with E-state index in [1.165, 1.54) is 29.9 Å². The van der Waals surface area contributed by atoms with Crippen LogP contribution in [-0.2, 0) is 0 Å². The molecule has 2 N–H and O–H groups in total. The smallest absolute Gasteiger partial charge is 0.264 e. The van der Waals surface area contributed by atoms with Crippen molar-refractivity contribution >= 4 is 33.0 Å². The number of ether oxygens (including phenoxy) is 1. The first kappa shape index (κ1) is 25.6. The molecule has 6 aromatic rings. The minimum absolute atomic E-state index is 0.0902. The van der Waals surface area contributed by atoms with Gasteiger partial charge in [0, 0.05) is 22.8 Å². The van der Waals surface area contributed by atoms with Crippen LogP contribution in [0, 0.1) is 12.7 Å². The van der Waals surface area contributed by atoms with Crippen molar-refractivity contribution in [3.8, 4) is 28.3 Å². The molecule has 40 heavy (non-hydrogen) atoms. The van der Waals surface area contributed by atoms with Crippen molar-refractivity contribution in [2.45, 2.75) is 39.8 Å². The number of pyridine rings is 2. The number of hydrogen-bond donors (Lipinski definition) is 1. The number of halogens is 1. The fraction of sp³-hybridized carbons (Fsp3) is 0.207. The van der Waals surface area contributed by atoms with Crippen LogP contribution in [0.4, 0.5) is 10.2 Å². The summed E-state index contributed by atoms with van der Waals surface area (Å²) in [4.78, 5) is 27.5. The fourth-order valence-electron chi connectivity index (χ4n) is 4.91.